The molecule has 0 atom stereocenters. The fourth-order valence-electron chi connectivity index (χ4n) is 0.286. The Hall–Kier alpha value is -0.196. The maximum atomic E-state index is 9.98. The first kappa shape index (κ1) is 32.0. The van der Waals surface area contributed by atoms with E-state index in [1.165, 1.54) is 13.8 Å². The average Bonchev–Trinajstić information content (AvgIpc) is 1.95. The van der Waals surface area contributed by atoms with Gasteiger partial charge in [0.2, 0.25) is 0 Å². The largest absolute Gasteiger partial charge is 4.00 e. The second kappa shape index (κ2) is 23.9. The van der Waals surface area contributed by atoms with Crippen LogP contribution in [0, 0.1) is 6.42 Å². The molecule has 0 unspecified atom stereocenters. The number of ketones is 2. The van der Waals surface area contributed by atoms with Crippen LogP contribution in [0.15, 0.2) is 0 Å². The molecule has 0 aromatic rings. The van der Waals surface area contributed by atoms with Gasteiger partial charge < -0.3 is 24.9 Å². The van der Waals surface area contributed by atoms with Crippen molar-refractivity contribution in [2.24, 2.45) is 0 Å². The molecule has 0 aliphatic rings. The van der Waals surface area contributed by atoms with E-state index >= 15 is 0 Å². The van der Waals surface area contributed by atoms with E-state index < -0.39 is 18.3 Å². The third-order valence-corrected chi connectivity index (χ3v) is 0.407. The number of rotatable bonds is 2. The van der Waals surface area contributed by atoms with E-state index in [0.29, 0.717) is 0 Å². The van der Waals surface area contributed by atoms with E-state index in [1.54, 1.807) is 41.5 Å². The fraction of sp³-hybridized carbons (Fsp3) is 0.786. The molecule has 0 saturated heterocycles. The van der Waals surface area contributed by atoms with Gasteiger partial charge in [-0.1, -0.05) is 41.5 Å². The van der Waals surface area contributed by atoms with Crippen molar-refractivity contribution in [2.75, 3.05) is 0 Å². The van der Waals surface area contributed by atoms with Crippen molar-refractivity contribution in [3.05, 3.63) is 6.42 Å². The van der Waals surface area contributed by atoms with E-state index in [4.69, 9.17) is 0 Å². The standard InChI is InChI=1S/C5H7O2.3C3H7O.Ti/c1-4(6)3-5(2)7;3*1-3(2)4;/h3H,1-2H3;3*3H,1-2H3;/q4*-1;+4. The summed E-state index contributed by atoms with van der Waals surface area (Å²) in [4.78, 5) is 20.0. The van der Waals surface area contributed by atoms with Crippen LogP contribution in [0.25, 0.3) is 0 Å². The summed E-state index contributed by atoms with van der Waals surface area (Å²) in [6, 6.07) is 0. The molecule has 20 heavy (non-hydrogen) atoms. The van der Waals surface area contributed by atoms with Gasteiger partial charge in [-0.2, -0.15) is 0 Å². The van der Waals surface area contributed by atoms with Crippen molar-refractivity contribution in [2.45, 2.75) is 73.7 Å². The van der Waals surface area contributed by atoms with E-state index in [-0.39, 0.29) is 33.3 Å². The van der Waals surface area contributed by atoms with Crippen LogP contribution >= 0.6 is 0 Å². The summed E-state index contributed by atoms with van der Waals surface area (Å²) < 4.78 is 0. The van der Waals surface area contributed by atoms with Gasteiger partial charge in [-0.15, -0.1) is 18.3 Å². The summed E-state index contributed by atoms with van der Waals surface area (Å²) in [5.74, 6) is -0.375. The van der Waals surface area contributed by atoms with Crippen molar-refractivity contribution in [1.82, 2.24) is 0 Å². The minimum atomic E-state index is -0.417. The second-order valence-corrected chi connectivity index (χ2v) is 4.51. The van der Waals surface area contributed by atoms with Crippen LogP contribution in [0.1, 0.15) is 55.4 Å². The van der Waals surface area contributed by atoms with Gasteiger partial charge in [0.25, 0.3) is 0 Å². The van der Waals surface area contributed by atoms with Crippen LogP contribution in [0.2, 0.25) is 0 Å². The zero-order chi connectivity index (χ0) is 16.6. The molecule has 0 aromatic heterocycles. The quantitative estimate of drug-likeness (QED) is 0.392. The van der Waals surface area contributed by atoms with E-state index in [2.05, 4.69) is 0 Å². The van der Waals surface area contributed by atoms with Crippen LogP contribution in [0.4, 0.5) is 0 Å². The molecule has 0 fully saturated rings. The van der Waals surface area contributed by atoms with Crippen molar-refractivity contribution in [3.8, 4) is 0 Å². The average molecular weight is 324 g/mol. The molecule has 0 amide bonds. The first-order chi connectivity index (χ1) is 8.32. The van der Waals surface area contributed by atoms with Crippen LogP contribution in [0.3, 0.4) is 0 Å². The molecule has 0 N–H and O–H groups in total. The summed E-state index contributed by atoms with van der Waals surface area (Å²) in [7, 11) is 0. The van der Waals surface area contributed by atoms with Crippen molar-refractivity contribution in [3.63, 3.8) is 0 Å². The van der Waals surface area contributed by atoms with Crippen molar-refractivity contribution < 1.29 is 46.6 Å². The Morgan fingerprint density at radius 3 is 0.800 bits per heavy atom. The minimum Gasteiger partial charge on any atom is -0.852 e. The van der Waals surface area contributed by atoms with Gasteiger partial charge in [0.05, 0.1) is 0 Å². The van der Waals surface area contributed by atoms with Gasteiger partial charge >= 0.3 is 21.7 Å². The van der Waals surface area contributed by atoms with E-state index in [1.807, 2.05) is 0 Å². The molecule has 5 nitrogen and oxygen atoms in total. The molecule has 0 rings (SSSR count). The summed E-state index contributed by atoms with van der Waals surface area (Å²) in [6.45, 7) is 12.4. The van der Waals surface area contributed by atoms with Crippen LogP contribution in [-0.2, 0) is 31.3 Å². The molecule has 0 aromatic carbocycles. The van der Waals surface area contributed by atoms with Crippen LogP contribution in [-0.4, -0.2) is 29.9 Å². The Kier molecular flexibility index (Phi) is 38.1. The third-order valence-electron chi connectivity index (χ3n) is 0.407. The first-order valence-corrected chi connectivity index (χ1v) is 6.16. The third kappa shape index (κ3) is 347. The van der Waals surface area contributed by atoms with E-state index in [0.717, 1.165) is 6.42 Å². The number of carbonyl (C=O) groups excluding carboxylic acids is 2. The predicted octanol–water partition coefficient (Wildman–Crippen LogP) is -0.369. The Morgan fingerprint density at radius 1 is 0.700 bits per heavy atom. The van der Waals surface area contributed by atoms with Crippen LogP contribution in [0.5, 0.6) is 0 Å². The van der Waals surface area contributed by atoms with Gasteiger partial charge in [-0.05, 0) is 13.8 Å². The number of hydrogen-bond acceptors (Lipinski definition) is 5. The molecule has 0 radical (unpaired) electrons. The second-order valence-electron chi connectivity index (χ2n) is 4.51. The summed E-state index contributed by atoms with van der Waals surface area (Å²) in [5.41, 5.74) is 0. The van der Waals surface area contributed by atoms with Gasteiger partial charge in [-0.3, -0.25) is 6.42 Å². The number of carbonyl (C=O) groups is 2. The molecule has 0 bridgehead atoms. The molecule has 0 aliphatic carbocycles. The first-order valence-electron chi connectivity index (χ1n) is 6.16. The minimum absolute atomic E-state index is 0. The smallest absolute Gasteiger partial charge is 0.852 e. The Balaban J connectivity index is -0.0000000512. The summed E-state index contributed by atoms with van der Waals surface area (Å²) in [5, 5.41) is 28.6. The maximum Gasteiger partial charge on any atom is 4.00 e. The number of hydrogen-bond donors (Lipinski definition) is 0. The normalized spacial score (nSPS) is 8.10. The van der Waals surface area contributed by atoms with Gasteiger partial charge in [0, 0.05) is 11.6 Å². The zero-order valence-corrected chi connectivity index (χ0v) is 15.4. The summed E-state index contributed by atoms with van der Waals surface area (Å²) in [6.07, 6.45) is -0.194. The molecule has 0 saturated carbocycles. The Bertz CT molecular complexity index is 169. The SMILES string of the molecule is CC(=O)[CH-]C(C)=O.CC(C)[O-].CC(C)[O-].CC(C)[O-].[Ti+4]. The topological polar surface area (TPSA) is 103 Å². The van der Waals surface area contributed by atoms with Crippen molar-refractivity contribution in [1.29, 1.82) is 0 Å². The Labute approximate surface area is 138 Å². The predicted molar refractivity (Wildman–Crippen MR) is 71.1 cm³/mol. The fourth-order valence-corrected chi connectivity index (χ4v) is 0.286. The molecule has 0 spiro atoms. The number of Topliss-reactive ketones (excluding diaryl/α,β-unsaturated/α-hetero) is 2. The van der Waals surface area contributed by atoms with Gasteiger partial charge in [-0.25, -0.2) is 0 Å². The molecular weight excluding hydrogens is 296 g/mol. The zero-order valence-electron chi connectivity index (χ0n) is 13.9. The molecule has 118 valence electrons. The van der Waals surface area contributed by atoms with Gasteiger partial charge in [0.1, 0.15) is 0 Å². The van der Waals surface area contributed by atoms with Crippen molar-refractivity contribution >= 4 is 11.6 Å². The van der Waals surface area contributed by atoms with Crippen LogP contribution < -0.4 is 15.3 Å². The van der Waals surface area contributed by atoms with Gasteiger partial charge in [0.15, 0.2) is 0 Å². The molecule has 6 heteroatoms. The molecule has 0 aliphatic heterocycles. The molecular formula is C14H28O5Ti. The molecule has 0 heterocycles. The Morgan fingerprint density at radius 2 is 0.800 bits per heavy atom. The van der Waals surface area contributed by atoms with E-state index in [9.17, 15) is 24.9 Å². The maximum absolute atomic E-state index is 9.98. The monoisotopic (exact) mass is 324 g/mol. The summed E-state index contributed by atoms with van der Waals surface area (Å²) >= 11 is 0.